The lowest BCUT2D eigenvalue weighted by Crippen LogP contribution is -2.43. The number of hydrogen-bond donors (Lipinski definition) is 1. The van der Waals surface area contributed by atoms with Crippen LogP contribution < -0.4 is 0 Å². The van der Waals surface area contributed by atoms with Gasteiger partial charge in [-0.15, -0.1) is 0 Å². The van der Waals surface area contributed by atoms with Crippen molar-refractivity contribution in [2.24, 2.45) is 11.8 Å². The van der Waals surface area contributed by atoms with Crippen LogP contribution in [0.5, 0.6) is 0 Å². The Morgan fingerprint density at radius 2 is 1.84 bits per heavy atom. The number of carbonyl (C=O) groups is 2. The van der Waals surface area contributed by atoms with E-state index in [2.05, 4.69) is 6.92 Å². The van der Waals surface area contributed by atoms with Crippen LogP contribution in [0.2, 0.25) is 0 Å². The van der Waals surface area contributed by atoms with E-state index in [-0.39, 0.29) is 17.9 Å². The average Bonchev–Trinajstić information content (AvgIpc) is 3.12. The summed E-state index contributed by atoms with van der Waals surface area (Å²) >= 11 is 0. The maximum atomic E-state index is 12.7. The van der Waals surface area contributed by atoms with Crippen LogP contribution in [0.1, 0.15) is 48.5 Å². The molecule has 1 unspecified atom stereocenters. The Kier molecular flexibility index (Phi) is 5.74. The molecule has 25 heavy (non-hydrogen) atoms. The molecule has 5 heteroatoms. The summed E-state index contributed by atoms with van der Waals surface area (Å²) in [6.07, 6.45) is 4.17. The third-order valence-corrected chi connectivity index (χ3v) is 5.48. The van der Waals surface area contributed by atoms with Crippen molar-refractivity contribution in [3.8, 4) is 0 Å². The third-order valence-electron chi connectivity index (χ3n) is 5.48. The Balaban J connectivity index is 1.56. The molecule has 0 radical (unpaired) electrons. The second kappa shape index (κ2) is 8.00. The lowest BCUT2D eigenvalue weighted by Gasteiger charge is -2.35. The number of carbonyl (C=O) groups excluding carboxylic acids is 1. The standard InChI is InChI=1S/C20H27NO4/c1-2-3-14-4-6-16(7-5-14)19(22)21-11-8-15(9-12-21)18-17(20(23)24)10-13-25-18/h4-7,15,17-18H,2-3,8-13H2,1H3,(H,23,24)/t17?,18-/m0/s1. The van der Waals surface area contributed by atoms with E-state index in [9.17, 15) is 14.7 Å². The van der Waals surface area contributed by atoms with Gasteiger partial charge in [-0.05, 0) is 49.3 Å². The normalized spacial score (nSPS) is 24.4. The van der Waals surface area contributed by atoms with E-state index in [1.165, 1.54) is 5.56 Å². The molecule has 0 bridgehead atoms. The van der Waals surface area contributed by atoms with Crippen molar-refractivity contribution in [2.75, 3.05) is 19.7 Å². The summed E-state index contributed by atoms with van der Waals surface area (Å²) in [4.78, 5) is 25.9. The summed E-state index contributed by atoms with van der Waals surface area (Å²) in [5.74, 6) is -0.838. The summed E-state index contributed by atoms with van der Waals surface area (Å²) in [7, 11) is 0. The number of carboxylic acid groups (broad SMARTS) is 1. The minimum Gasteiger partial charge on any atom is -0.481 e. The molecule has 0 saturated carbocycles. The van der Waals surface area contributed by atoms with E-state index in [1.54, 1.807) is 0 Å². The van der Waals surface area contributed by atoms with Crippen molar-refractivity contribution < 1.29 is 19.4 Å². The van der Waals surface area contributed by atoms with Crippen LogP contribution in [-0.2, 0) is 16.0 Å². The molecule has 136 valence electrons. The van der Waals surface area contributed by atoms with E-state index < -0.39 is 11.9 Å². The van der Waals surface area contributed by atoms with Gasteiger partial charge in [-0.25, -0.2) is 0 Å². The third kappa shape index (κ3) is 4.03. The zero-order chi connectivity index (χ0) is 17.8. The predicted molar refractivity (Wildman–Crippen MR) is 94.5 cm³/mol. The molecule has 1 aromatic rings. The Hall–Kier alpha value is -1.88. The van der Waals surface area contributed by atoms with Gasteiger partial charge in [-0.1, -0.05) is 25.5 Å². The fourth-order valence-electron chi connectivity index (χ4n) is 4.06. The van der Waals surface area contributed by atoms with Crippen LogP contribution in [0.3, 0.4) is 0 Å². The van der Waals surface area contributed by atoms with Gasteiger partial charge in [0.05, 0.1) is 12.0 Å². The molecule has 0 spiro atoms. The fraction of sp³-hybridized carbons (Fsp3) is 0.600. The van der Waals surface area contributed by atoms with Crippen molar-refractivity contribution in [2.45, 2.75) is 45.1 Å². The molecule has 2 heterocycles. The van der Waals surface area contributed by atoms with Crippen LogP contribution in [0.25, 0.3) is 0 Å². The minimum atomic E-state index is -0.756. The molecule has 2 aliphatic heterocycles. The number of amides is 1. The summed E-state index contributed by atoms with van der Waals surface area (Å²) in [5.41, 5.74) is 2.00. The van der Waals surface area contributed by atoms with E-state index in [0.29, 0.717) is 26.1 Å². The molecule has 3 rings (SSSR count). The van der Waals surface area contributed by atoms with E-state index in [1.807, 2.05) is 29.2 Å². The zero-order valence-electron chi connectivity index (χ0n) is 14.8. The molecule has 2 saturated heterocycles. The van der Waals surface area contributed by atoms with Crippen LogP contribution in [0, 0.1) is 11.8 Å². The molecule has 2 atom stereocenters. The SMILES string of the molecule is CCCc1ccc(C(=O)N2CCC([C@@H]3OCCC3C(=O)O)CC2)cc1. The quantitative estimate of drug-likeness (QED) is 0.891. The maximum absolute atomic E-state index is 12.7. The highest BCUT2D eigenvalue weighted by atomic mass is 16.5. The second-order valence-corrected chi connectivity index (χ2v) is 7.15. The predicted octanol–water partition coefficient (Wildman–Crippen LogP) is 2.98. The first-order valence-electron chi connectivity index (χ1n) is 9.32. The summed E-state index contributed by atoms with van der Waals surface area (Å²) in [5, 5.41) is 9.32. The molecule has 0 aliphatic carbocycles. The molecule has 1 N–H and O–H groups in total. The first-order valence-corrected chi connectivity index (χ1v) is 9.32. The number of benzene rings is 1. The van der Waals surface area contributed by atoms with Gasteiger partial charge in [0.2, 0.25) is 0 Å². The zero-order valence-corrected chi connectivity index (χ0v) is 14.8. The number of rotatable bonds is 5. The van der Waals surface area contributed by atoms with Gasteiger partial charge in [0, 0.05) is 25.3 Å². The Bertz CT molecular complexity index is 605. The van der Waals surface area contributed by atoms with Crippen molar-refractivity contribution in [1.29, 1.82) is 0 Å². The fourth-order valence-corrected chi connectivity index (χ4v) is 4.06. The van der Waals surface area contributed by atoms with Gasteiger partial charge in [0.25, 0.3) is 5.91 Å². The Morgan fingerprint density at radius 1 is 1.16 bits per heavy atom. The van der Waals surface area contributed by atoms with Crippen molar-refractivity contribution in [1.82, 2.24) is 4.90 Å². The van der Waals surface area contributed by atoms with Gasteiger partial charge in [-0.3, -0.25) is 9.59 Å². The monoisotopic (exact) mass is 345 g/mol. The highest BCUT2D eigenvalue weighted by molar-refractivity contribution is 5.94. The van der Waals surface area contributed by atoms with Gasteiger partial charge in [0.15, 0.2) is 0 Å². The molecule has 1 amide bonds. The largest absolute Gasteiger partial charge is 0.481 e. The highest BCUT2D eigenvalue weighted by Crippen LogP contribution is 2.33. The van der Waals surface area contributed by atoms with Gasteiger partial charge in [-0.2, -0.15) is 0 Å². The summed E-state index contributed by atoms with van der Waals surface area (Å²) < 4.78 is 5.70. The smallest absolute Gasteiger partial charge is 0.309 e. The van der Waals surface area contributed by atoms with Crippen LogP contribution in [0.15, 0.2) is 24.3 Å². The van der Waals surface area contributed by atoms with Crippen molar-refractivity contribution >= 4 is 11.9 Å². The number of aliphatic carboxylic acids is 1. The number of ether oxygens (including phenoxy) is 1. The second-order valence-electron chi connectivity index (χ2n) is 7.15. The lowest BCUT2D eigenvalue weighted by molar-refractivity contribution is -0.145. The van der Waals surface area contributed by atoms with Crippen molar-refractivity contribution in [3.05, 3.63) is 35.4 Å². The lowest BCUT2D eigenvalue weighted by atomic mass is 9.84. The highest BCUT2D eigenvalue weighted by Gasteiger charge is 2.40. The van der Waals surface area contributed by atoms with Crippen LogP contribution in [0.4, 0.5) is 0 Å². The van der Waals surface area contributed by atoms with E-state index in [4.69, 9.17) is 4.74 Å². The molecule has 0 aromatic heterocycles. The van der Waals surface area contributed by atoms with Gasteiger partial charge in [0.1, 0.15) is 0 Å². The van der Waals surface area contributed by atoms with Crippen molar-refractivity contribution in [3.63, 3.8) is 0 Å². The molecule has 2 fully saturated rings. The molecule has 2 aliphatic rings. The number of hydrogen-bond acceptors (Lipinski definition) is 3. The number of nitrogens with zero attached hydrogens (tertiary/aromatic N) is 1. The maximum Gasteiger partial charge on any atom is 0.309 e. The topological polar surface area (TPSA) is 66.8 Å². The van der Waals surface area contributed by atoms with E-state index >= 15 is 0 Å². The molecule has 5 nitrogen and oxygen atoms in total. The average molecular weight is 345 g/mol. The van der Waals surface area contributed by atoms with Gasteiger partial charge < -0.3 is 14.7 Å². The Labute approximate surface area is 149 Å². The first-order chi connectivity index (χ1) is 12.1. The number of carboxylic acids is 1. The summed E-state index contributed by atoms with van der Waals surface area (Å²) in [6, 6.07) is 7.90. The number of piperidine rings is 1. The van der Waals surface area contributed by atoms with Crippen LogP contribution >= 0.6 is 0 Å². The first kappa shape index (κ1) is 17.9. The number of aryl methyl sites for hydroxylation is 1. The minimum absolute atomic E-state index is 0.0728. The van der Waals surface area contributed by atoms with Crippen LogP contribution in [-0.4, -0.2) is 47.7 Å². The Morgan fingerprint density at radius 3 is 2.44 bits per heavy atom. The summed E-state index contributed by atoms with van der Waals surface area (Å²) in [6.45, 7) is 4.02. The molecular weight excluding hydrogens is 318 g/mol. The molecular formula is C20H27NO4. The molecule has 1 aromatic carbocycles. The van der Waals surface area contributed by atoms with E-state index in [0.717, 1.165) is 31.2 Å². The van der Waals surface area contributed by atoms with Gasteiger partial charge >= 0.3 is 5.97 Å². The number of likely N-dealkylation sites (tertiary alicyclic amines) is 1.